The van der Waals surface area contributed by atoms with Gasteiger partial charge in [0.15, 0.2) is 0 Å². The summed E-state index contributed by atoms with van der Waals surface area (Å²) in [5, 5.41) is 5.97. The number of nitrogens with zero attached hydrogens (tertiary/aromatic N) is 1. The Hall–Kier alpha value is -2.12. The Kier molecular flexibility index (Phi) is 9.94. The second-order valence-corrected chi connectivity index (χ2v) is 7.25. The zero-order valence-electron chi connectivity index (χ0n) is 17.9. The Morgan fingerprint density at radius 2 is 1.90 bits per heavy atom. The Bertz CT molecular complexity index is 645. The van der Waals surface area contributed by atoms with E-state index in [1.54, 1.807) is 0 Å². The zero-order chi connectivity index (χ0) is 21.1. The molecule has 7 nitrogen and oxygen atoms in total. The highest BCUT2D eigenvalue weighted by molar-refractivity contribution is 5.95. The molecule has 1 aromatic rings. The van der Waals surface area contributed by atoms with Crippen molar-refractivity contribution in [2.75, 3.05) is 44.8 Å². The highest BCUT2D eigenvalue weighted by Gasteiger charge is 2.29. The number of para-hydroxylation sites is 2. The molecular formula is C22H35N3O4. The van der Waals surface area contributed by atoms with Crippen molar-refractivity contribution in [1.82, 2.24) is 10.2 Å². The molecule has 7 heteroatoms. The van der Waals surface area contributed by atoms with Crippen LogP contribution >= 0.6 is 0 Å². The fourth-order valence-electron chi connectivity index (χ4n) is 3.48. The lowest BCUT2D eigenvalue weighted by Crippen LogP contribution is -2.48. The first-order valence-electron chi connectivity index (χ1n) is 10.7. The summed E-state index contributed by atoms with van der Waals surface area (Å²) >= 11 is 0. The molecule has 2 rings (SSSR count). The summed E-state index contributed by atoms with van der Waals surface area (Å²) in [5.41, 5.74) is 0.688. The Morgan fingerprint density at radius 3 is 2.59 bits per heavy atom. The van der Waals surface area contributed by atoms with Crippen molar-refractivity contribution in [3.8, 4) is 5.75 Å². The van der Waals surface area contributed by atoms with Crippen molar-refractivity contribution in [3.05, 3.63) is 24.3 Å². The number of carbonyl (C=O) groups excluding carboxylic acids is 2. The first kappa shape index (κ1) is 23.2. The minimum Gasteiger partial charge on any atom is -0.492 e. The molecule has 29 heavy (non-hydrogen) atoms. The number of likely N-dealkylation sites (tertiary alicyclic amines) is 1. The van der Waals surface area contributed by atoms with Gasteiger partial charge in [-0.25, -0.2) is 0 Å². The summed E-state index contributed by atoms with van der Waals surface area (Å²) in [6, 6.07) is 7.19. The first-order chi connectivity index (χ1) is 14.1. The van der Waals surface area contributed by atoms with Gasteiger partial charge >= 0.3 is 0 Å². The molecule has 0 saturated carbocycles. The molecule has 1 aromatic carbocycles. The SMILES string of the molecule is CCOCCCNC(=O)C1CCN(C(C)C(=O)Nc2ccccc2OCC)CC1. The topological polar surface area (TPSA) is 79.9 Å². The number of rotatable bonds is 11. The van der Waals surface area contributed by atoms with E-state index in [1.807, 2.05) is 45.0 Å². The molecular weight excluding hydrogens is 370 g/mol. The third-order valence-corrected chi connectivity index (χ3v) is 5.24. The molecule has 0 spiro atoms. The van der Waals surface area contributed by atoms with Crippen molar-refractivity contribution in [1.29, 1.82) is 0 Å². The van der Waals surface area contributed by atoms with E-state index >= 15 is 0 Å². The van der Waals surface area contributed by atoms with E-state index in [2.05, 4.69) is 15.5 Å². The number of benzene rings is 1. The highest BCUT2D eigenvalue weighted by Crippen LogP contribution is 2.25. The van der Waals surface area contributed by atoms with Gasteiger partial charge in [-0.2, -0.15) is 0 Å². The summed E-state index contributed by atoms with van der Waals surface area (Å²) in [5.74, 6) is 0.752. The molecule has 0 aliphatic carbocycles. The standard InChI is InChI=1S/C22H35N3O4/c1-4-28-16-8-13-23-22(27)18-11-14-25(15-12-18)17(3)21(26)24-19-9-6-7-10-20(19)29-5-2/h6-7,9-10,17-18H,4-5,8,11-16H2,1-3H3,(H,23,27)(H,24,26). The fourth-order valence-corrected chi connectivity index (χ4v) is 3.48. The van der Waals surface area contributed by atoms with Crippen molar-refractivity contribution in [2.45, 2.75) is 46.1 Å². The maximum atomic E-state index is 12.7. The van der Waals surface area contributed by atoms with E-state index in [0.717, 1.165) is 32.4 Å². The number of piperidine rings is 1. The number of ether oxygens (including phenoxy) is 2. The van der Waals surface area contributed by atoms with E-state index in [1.165, 1.54) is 0 Å². The average Bonchev–Trinajstić information content (AvgIpc) is 2.74. The third kappa shape index (κ3) is 7.33. The second kappa shape index (κ2) is 12.4. The molecule has 2 amide bonds. The van der Waals surface area contributed by atoms with Gasteiger partial charge in [0.25, 0.3) is 0 Å². The number of nitrogens with one attached hydrogen (secondary N) is 2. The Labute approximate surface area is 174 Å². The normalized spacial score (nSPS) is 16.2. The first-order valence-corrected chi connectivity index (χ1v) is 10.7. The van der Waals surface area contributed by atoms with Crippen molar-refractivity contribution in [3.63, 3.8) is 0 Å². The number of anilines is 1. The predicted molar refractivity (Wildman–Crippen MR) is 114 cm³/mol. The molecule has 1 unspecified atom stereocenters. The van der Waals surface area contributed by atoms with Crippen LogP contribution in [0.2, 0.25) is 0 Å². The molecule has 1 saturated heterocycles. The minimum atomic E-state index is -0.264. The smallest absolute Gasteiger partial charge is 0.241 e. The molecule has 2 N–H and O–H groups in total. The molecule has 1 aliphatic heterocycles. The monoisotopic (exact) mass is 405 g/mol. The maximum absolute atomic E-state index is 12.7. The van der Waals surface area contributed by atoms with Crippen LogP contribution in [0.5, 0.6) is 5.75 Å². The van der Waals surface area contributed by atoms with Gasteiger partial charge in [0, 0.05) is 25.7 Å². The van der Waals surface area contributed by atoms with Crippen LogP contribution in [-0.4, -0.2) is 62.2 Å². The average molecular weight is 406 g/mol. The van der Waals surface area contributed by atoms with Gasteiger partial charge < -0.3 is 20.1 Å². The van der Waals surface area contributed by atoms with Crippen molar-refractivity contribution in [2.24, 2.45) is 5.92 Å². The van der Waals surface area contributed by atoms with Gasteiger partial charge in [0.1, 0.15) is 5.75 Å². The van der Waals surface area contributed by atoms with E-state index in [-0.39, 0.29) is 23.8 Å². The lowest BCUT2D eigenvalue weighted by atomic mass is 9.95. The summed E-state index contributed by atoms with van der Waals surface area (Å²) in [6.45, 7) is 9.83. The van der Waals surface area contributed by atoms with Gasteiger partial charge in [-0.15, -0.1) is 0 Å². The van der Waals surface area contributed by atoms with E-state index in [0.29, 0.717) is 37.8 Å². The molecule has 1 fully saturated rings. The van der Waals surface area contributed by atoms with Crippen molar-refractivity contribution >= 4 is 17.5 Å². The number of hydrogen-bond donors (Lipinski definition) is 2. The number of amides is 2. The van der Waals surface area contributed by atoms with Crippen LogP contribution in [0.4, 0.5) is 5.69 Å². The maximum Gasteiger partial charge on any atom is 0.241 e. The van der Waals surface area contributed by atoms with Crippen LogP contribution in [0, 0.1) is 5.92 Å². The number of carbonyl (C=O) groups is 2. The van der Waals surface area contributed by atoms with E-state index in [4.69, 9.17) is 9.47 Å². The van der Waals surface area contributed by atoms with Gasteiger partial charge in [0.05, 0.1) is 18.3 Å². The summed E-state index contributed by atoms with van der Waals surface area (Å²) in [4.78, 5) is 27.2. The highest BCUT2D eigenvalue weighted by atomic mass is 16.5. The van der Waals surface area contributed by atoms with Crippen LogP contribution in [0.25, 0.3) is 0 Å². The van der Waals surface area contributed by atoms with E-state index < -0.39 is 0 Å². The molecule has 1 heterocycles. The largest absolute Gasteiger partial charge is 0.492 e. The molecule has 162 valence electrons. The predicted octanol–water partition coefficient (Wildman–Crippen LogP) is 2.67. The quantitative estimate of drug-likeness (QED) is 0.554. The zero-order valence-corrected chi connectivity index (χ0v) is 17.9. The molecule has 1 atom stereocenters. The van der Waals surface area contributed by atoms with Crippen LogP contribution < -0.4 is 15.4 Å². The van der Waals surface area contributed by atoms with Gasteiger partial charge in [-0.05, 0) is 65.3 Å². The lowest BCUT2D eigenvalue weighted by molar-refractivity contribution is -0.127. The van der Waals surface area contributed by atoms with E-state index in [9.17, 15) is 9.59 Å². The number of hydrogen-bond acceptors (Lipinski definition) is 5. The Morgan fingerprint density at radius 1 is 1.17 bits per heavy atom. The lowest BCUT2D eigenvalue weighted by Gasteiger charge is -2.34. The van der Waals surface area contributed by atoms with Gasteiger partial charge in [0.2, 0.25) is 11.8 Å². The summed E-state index contributed by atoms with van der Waals surface area (Å²) in [6.07, 6.45) is 2.37. The summed E-state index contributed by atoms with van der Waals surface area (Å²) < 4.78 is 10.9. The Balaban J connectivity index is 1.77. The van der Waals surface area contributed by atoms with Gasteiger partial charge in [-0.1, -0.05) is 12.1 Å². The molecule has 0 radical (unpaired) electrons. The van der Waals surface area contributed by atoms with Crippen LogP contribution in [0.1, 0.15) is 40.0 Å². The van der Waals surface area contributed by atoms with Crippen LogP contribution in [0.15, 0.2) is 24.3 Å². The van der Waals surface area contributed by atoms with Crippen LogP contribution in [0.3, 0.4) is 0 Å². The summed E-state index contributed by atoms with van der Waals surface area (Å²) in [7, 11) is 0. The van der Waals surface area contributed by atoms with Crippen molar-refractivity contribution < 1.29 is 19.1 Å². The van der Waals surface area contributed by atoms with Gasteiger partial charge in [-0.3, -0.25) is 14.5 Å². The minimum absolute atomic E-state index is 0.0206. The molecule has 1 aliphatic rings. The molecule has 0 aromatic heterocycles. The van der Waals surface area contributed by atoms with Crippen LogP contribution in [-0.2, 0) is 14.3 Å². The second-order valence-electron chi connectivity index (χ2n) is 7.25. The molecule has 0 bridgehead atoms. The fraction of sp³-hybridized carbons (Fsp3) is 0.636. The third-order valence-electron chi connectivity index (χ3n) is 5.24.